The van der Waals surface area contributed by atoms with Gasteiger partial charge in [0, 0.05) is 16.8 Å². The third-order valence-electron chi connectivity index (χ3n) is 3.25. The Labute approximate surface area is 156 Å². The zero-order valence-electron chi connectivity index (χ0n) is 12.3. The van der Waals surface area contributed by atoms with Crippen LogP contribution in [0.4, 0.5) is 5.69 Å². The van der Waals surface area contributed by atoms with E-state index in [1.807, 2.05) is 0 Å². The van der Waals surface area contributed by atoms with Crippen molar-refractivity contribution in [1.29, 1.82) is 0 Å². The van der Waals surface area contributed by atoms with Gasteiger partial charge < -0.3 is 10.4 Å². The predicted octanol–water partition coefficient (Wildman–Crippen LogP) is 3.27. The smallest absolute Gasteiger partial charge is 0.276 e. The lowest BCUT2D eigenvalue weighted by Crippen LogP contribution is -2.15. The number of carbonyl (C=O) groups excluding carboxylic acids is 1. The number of rotatable bonds is 4. The molecular weight excluding hydrogens is 443 g/mol. The van der Waals surface area contributed by atoms with Gasteiger partial charge in [-0.15, -0.1) is 0 Å². The molecule has 3 aromatic rings. The lowest BCUT2D eigenvalue weighted by atomic mass is 10.2. The van der Waals surface area contributed by atoms with Crippen LogP contribution in [0.15, 0.2) is 48.8 Å². The summed E-state index contributed by atoms with van der Waals surface area (Å²) in [5, 5.41) is 17.1. The molecule has 0 atom stereocenters. The minimum Gasteiger partial charge on any atom is -0.392 e. The monoisotopic (exact) mass is 454 g/mol. The summed E-state index contributed by atoms with van der Waals surface area (Å²) in [7, 11) is 0. The van der Waals surface area contributed by atoms with Gasteiger partial charge in [-0.1, -0.05) is 11.6 Å². The van der Waals surface area contributed by atoms with Gasteiger partial charge in [0.05, 0.1) is 24.2 Å². The second kappa shape index (κ2) is 7.29. The normalized spacial score (nSPS) is 10.6. The summed E-state index contributed by atoms with van der Waals surface area (Å²) >= 11 is 7.96. The number of hydrogen-bond donors (Lipinski definition) is 2. The van der Waals surface area contributed by atoms with E-state index in [1.54, 1.807) is 48.8 Å². The number of anilines is 1. The molecule has 122 valence electrons. The molecule has 1 aromatic carbocycles. The minimum atomic E-state index is -0.408. The highest BCUT2D eigenvalue weighted by Gasteiger charge is 2.17. The van der Waals surface area contributed by atoms with Crippen LogP contribution in [0.5, 0.6) is 0 Å². The first-order valence-electron chi connectivity index (χ1n) is 6.95. The topological polar surface area (TPSA) is 80.0 Å². The van der Waals surface area contributed by atoms with Gasteiger partial charge in [0.25, 0.3) is 5.91 Å². The highest BCUT2D eigenvalue weighted by atomic mass is 127. The summed E-state index contributed by atoms with van der Waals surface area (Å²) < 4.78 is 2.36. The molecule has 0 saturated heterocycles. The molecule has 6 nitrogen and oxygen atoms in total. The summed E-state index contributed by atoms with van der Waals surface area (Å²) in [6, 6.07) is 10.6. The third kappa shape index (κ3) is 3.74. The Hall–Kier alpha value is -1.97. The number of carbonyl (C=O) groups is 1. The lowest BCUT2D eigenvalue weighted by Gasteiger charge is -2.04. The molecule has 24 heavy (non-hydrogen) atoms. The molecule has 0 aliphatic rings. The number of halogens is 2. The van der Waals surface area contributed by atoms with Crippen LogP contribution >= 0.6 is 34.2 Å². The van der Waals surface area contributed by atoms with Crippen molar-refractivity contribution < 1.29 is 9.90 Å². The van der Waals surface area contributed by atoms with Crippen molar-refractivity contribution in [2.24, 2.45) is 0 Å². The Bertz CT molecular complexity index is 863. The van der Waals surface area contributed by atoms with Crippen LogP contribution < -0.4 is 5.32 Å². The summed E-state index contributed by atoms with van der Waals surface area (Å²) in [6.07, 6.45) is 3.18. The quantitative estimate of drug-likeness (QED) is 0.468. The first kappa shape index (κ1) is 16.9. The van der Waals surface area contributed by atoms with Gasteiger partial charge in [-0.05, 0) is 59.0 Å². The molecule has 0 radical (unpaired) electrons. The Morgan fingerprint density at radius 2 is 2.00 bits per heavy atom. The number of aromatic nitrogens is 3. The number of nitrogens with zero attached hydrogens (tertiary/aromatic N) is 3. The van der Waals surface area contributed by atoms with E-state index in [4.69, 9.17) is 11.6 Å². The van der Waals surface area contributed by atoms with Crippen LogP contribution in [0.25, 0.3) is 5.69 Å². The Kier molecular flexibility index (Phi) is 5.12. The van der Waals surface area contributed by atoms with E-state index >= 15 is 0 Å². The van der Waals surface area contributed by atoms with Gasteiger partial charge in [0.15, 0.2) is 5.69 Å². The average Bonchev–Trinajstić information content (AvgIpc) is 3.02. The largest absolute Gasteiger partial charge is 0.392 e. The van der Waals surface area contributed by atoms with E-state index in [0.717, 1.165) is 9.39 Å². The Morgan fingerprint density at radius 3 is 2.62 bits per heavy atom. The van der Waals surface area contributed by atoms with Crippen molar-refractivity contribution in [2.75, 3.05) is 5.32 Å². The van der Waals surface area contributed by atoms with Crippen molar-refractivity contribution in [1.82, 2.24) is 14.8 Å². The zero-order chi connectivity index (χ0) is 17.1. The fourth-order valence-corrected chi connectivity index (χ4v) is 2.53. The summed E-state index contributed by atoms with van der Waals surface area (Å²) in [6.45, 7) is -0.290. The third-order valence-corrected chi connectivity index (χ3v) is 4.14. The lowest BCUT2D eigenvalue weighted by molar-refractivity contribution is 0.101. The number of amides is 1. The van der Waals surface area contributed by atoms with Crippen LogP contribution in [0.1, 0.15) is 16.1 Å². The van der Waals surface area contributed by atoms with Crippen LogP contribution in [0.2, 0.25) is 5.02 Å². The molecule has 8 heteroatoms. The van der Waals surface area contributed by atoms with E-state index in [0.29, 0.717) is 16.3 Å². The van der Waals surface area contributed by atoms with Crippen LogP contribution in [-0.2, 0) is 6.61 Å². The van der Waals surface area contributed by atoms with Gasteiger partial charge in [-0.3, -0.25) is 4.79 Å². The van der Waals surface area contributed by atoms with Crippen molar-refractivity contribution in [2.45, 2.75) is 6.61 Å². The molecular formula is C16H12ClIN4O2. The van der Waals surface area contributed by atoms with Crippen molar-refractivity contribution in [3.05, 3.63) is 68.8 Å². The minimum absolute atomic E-state index is 0.158. The maximum atomic E-state index is 12.4. The molecule has 1 amide bonds. The Morgan fingerprint density at radius 1 is 1.25 bits per heavy atom. The SMILES string of the molecule is O=C(Nc1ccc(I)nc1)c1nn(-c2ccc(Cl)cc2)cc1CO. The maximum Gasteiger partial charge on any atom is 0.276 e. The maximum absolute atomic E-state index is 12.4. The van der Waals surface area contributed by atoms with Gasteiger partial charge in [0.1, 0.15) is 3.70 Å². The van der Waals surface area contributed by atoms with Gasteiger partial charge in [0.2, 0.25) is 0 Å². The van der Waals surface area contributed by atoms with E-state index < -0.39 is 5.91 Å². The van der Waals surface area contributed by atoms with Gasteiger partial charge in [-0.25, -0.2) is 9.67 Å². The van der Waals surface area contributed by atoms with Crippen molar-refractivity contribution >= 4 is 45.8 Å². The molecule has 2 N–H and O–H groups in total. The number of aliphatic hydroxyl groups is 1. The molecule has 0 saturated carbocycles. The van der Waals surface area contributed by atoms with E-state index in [2.05, 4.69) is 38.0 Å². The predicted molar refractivity (Wildman–Crippen MR) is 99.4 cm³/mol. The Balaban J connectivity index is 1.88. The summed E-state index contributed by atoms with van der Waals surface area (Å²) in [5.41, 5.74) is 1.89. The molecule has 0 aliphatic heterocycles. The summed E-state index contributed by atoms with van der Waals surface area (Å²) in [5.74, 6) is -0.408. The number of benzene rings is 1. The molecule has 0 spiro atoms. The molecule has 2 aromatic heterocycles. The number of hydrogen-bond acceptors (Lipinski definition) is 4. The number of nitrogens with one attached hydrogen (secondary N) is 1. The van der Waals surface area contributed by atoms with E-state index in [1.165, 1.54) is 4.68 Å². The second-order valence-electron chi connectivity index (χ2n) is 4.91. The molecule has 0 unspecified atom stereocenters. The standard InChI is InChI=1S/C16H12ClIN4O2/c17-11-1-4-13(5-2-11)22-8-10(9-23)15(21-22)16(24)20-12-3-6-14(18)19-7-12/h1-8,23H,9H2,(H,20,24). The molecule has 2 heterocycles. The first-order chi connectivity index (χ1) is 11.6. The highest BCUT2D eigenvalue weighted by Crippen LogP contribution is 2.17. The summed E-state index contributed by atoms with van der Waals surface area (Å²) in [4.78, 5) is 16.5. The van der Waals surface area contributed by atoms with Crippen LogP contribution in [0.3, 0.4) is 0 Å². The molecule has 0 aliphatic carbocycles. The van der Waals surface area contributed by atoms with Crippen molar-refractivity contribution in [3.63, 3.8) is 0 Å². The van der Waals surface area contributed by atoms with Crippen LogP contribution in [0, 0.1) is 3.70 Å². The van der Waals surface area contributed by atoms with Gasteiger partial charge >= 0.3 is 0 Å². The fourth-order valence-electron chi connectivity index (χ4n) is 2.08. The van der Waals surface area contributed by atoms with Crippen LogP contribution in [-0.4, -0.2) is 25.8 Å². The fraction of sp³-hybridized carbons (Fsp3) is 0.0625. The second-order valence-corrected chi connectivity index (χ2v) is 6.45. The number of aliphatic hydroxyl groups excluding tert-OH is 1. The average molecular weight is 455 g/mol. The molecule has 3 rings (SSSR count). The number of pyridine rings is 1. The van der Waals surface area contributed by atoms with E-state index in [-0.39, 0.29) is 12.3 Å². The first-order valence-corrected chi connectivity index (χ1v) is 8.41. The molecule has 0 bridgehead atoms. The van der Waals surface area contributed by atoms with E-state index in [9.17, 15) is 9.90 Å². The molecule has 0 fully saturated rings. The highest BCUT2D eigenvalue weighted by molar-refractivity contribution is 14.1. The van der Waals surface area contributed by atoms with Crippen molar-refractivity contribution in [3.8, 4) is 5.69 Å². The van der Waals surface area contributed by atoms with Gasteiger partial charge in [-0.2, -0.15) is 5.10 Å². The zero-order valence-corrected chi connectivity index (χ0v) is 15.2.